The van der Waals surface area contributed by atoms with Gasteiger partial charge in [0.25, 0.3) is 11.6 Å². The fraction of sp³-hybridized carbons (Fsp3) is 0.600. The number of nitro benzene ring substituents is 1. The van der Waals surface area contributed by atoms with Crippen LogP contribution < -0.4 is 10.2 Å². The number of anilines is 1. The smallest absolute Gasteiger partial charge is 0.293 e. The first-order chi connectivity index (χ1) is 13.9. The zero-order valence-electron chi connectivity index (χ0n) is 16.9. The Morgan fingerprint density at radius 2 is 1.83 bits per heavy atom. The van der Waals surface area contributed by atoms with Gasteiger partial charge in [-0.15, -0.1) is 0 Å². The van der Waals surface area contributed by atoms with Crippen LogP contribution in [0.25, 0.3) is 0 Å². The Bertz CT molecular complexity index is 768. The standard InChI is InChI=1S/C20H28N4O5/c1-14(2)21-19(25)16-3-4-17(18(13-16)24(27)28)22-7-5-15(6-8-22)20(26)23-9-11-29-12-10-23/h3-4,13-15H,5-12H2,1-2H3,(H,21,25). The number of nitrogens with one attached hydrogen (secondary N) is 1. The lowest BCUT2D eigenvalue weighted by atomic mass is 9.94. The van der Waals surface area contributed by atoms with E-state index in [0.717, 1.165) is 0 Å². The summed E-state index contributed by atoms with van der Waals surface area (Å²) < 4.78 is 5.30. The molecule has 2 saturated heterocycles. The Morgan fingerprint density at radius 1 is 1.17 bits per heavy atom. The fourth-order valence-corrected chi connectivity index (χ4v) is 3.83. The van der Waals surface area contributed by atoms with Crippen molar-refractivity contribution in [3.05, 3.63) is 33.9 Å². The van der Waals surface area contributed by atoms with Crippen LogP contribution in [0.4, 0.5) is 11.4 Å². The lowest BCUT2D eigenvalue weighted by Gasteiger charge is -2.36. The van der Waals surface area contributed by atoms with Gasteiger partial charge in [0.1, 0.15) is 5.69 Å². The normalized spacial score (nSPS) is 18.0. The molecule has 2 aliphatic heterocycles. The number of amides is 2. The first-order valence-electron chi connectivity index (χ1n) is 10.1. The van der Waals surface area contributed by atoms with E-state index >= 15 is 0 Å². The molecule has 2 aliphatic rings. The van der Waals surface area contributed by atoms with Crippen molar-refractivity contribution >= 4 is 23.2 Å². The van der Waals surface area contributed by atoms with Crippen LogP contribution in [0, 0.1) is 16.0 Å². The fourth-order valence-electron chi connectivity index (χ4n) is 3.83. The third-order valence-corrected chi connectivity index (χ3v) is 5.36. The van der Waals surface area contributed by atoms with E-state index in [0.29, 0.717) is 57.9 Å². The van der Waals surface area contributed by atoms with E-state index in [1.807, 2.05) is 23.6 Å². The molecule has 9 nitrogen and oxygen atoms in total. The quantitative estimate of drug-likeness (QED) is 0.593. The van der Waals surface area contributed by atoms with E-state index in [4.69, 9.17) is 4.74 Å². The Balaban J connectivity index is 1.68. The maximum atomic E-state index is 12.7. The van der Waals surface area contributed by atoms with Gasteiger partial charge in [-0.3, -0.25) is 19.7 Å². The van der Waals surface area contributed by atoms with Crippen molar-refractivity contribution in [2.75, 3.05) is 44.3 Å². The summed E-state index contributed by atoms with van der Waals surface area (Å²) in [5, 5.41) is 14.4. The monoisotopic (exact) mass is 404 g/mol. The van der Waals surface area contributed by atoms with Crippen molar-refractivity contribution in [1.82, 2.24) is 10.2 Å². The summed E-state index contributed by atoms with van der Waals surface area (Å²) in [6.07, 6.45) is 1.31. The molecule has 9 heteroatoms. The molecule has 1 aromatic carbocycles. The van der Waals surface area contributed by atoms with E-state index in [2.05, 4.69) is 5.32 Å². The van der Waals surface area contributed by atoms with Crippen molar-refractivity contribution in [2.45, 2.75) is 32.7 Å². The van der Waals surface area contributed by atoms with Gasteiger partial charge in [0.05, 0.1) is 18.1 Å². The number of benzene rings is 1. The minimum atomic E-state index is -0.452. The Kier molecular flexibility index (Phi) is 6.68. The number of carbonyl (C=O) groups excluding carboxylic acids is 2. The molecule has 2 fully saturated rings. The number of nitro groups is 1. The van der Waals surface area contributed by atoms with Crippen molar-refractivity contribution in [1.29, 1.82) is 0 Å². The first-order valence-corrected chi connectivity index (χ1v) is 10.1. The molecule has 1 N–H and O–H groups in total. The maximum absolute atomic E-state index is 12.7. The van der Waals surface area contributed by atoms with Gasteiger partial charge < -0.3 is 19.9 Å². The van der Waals surface area contributed by atoms with E-state index < -0.39 is 4.92 Å². The molecule has 3 rings (SSSR count). The Hall–Kier alpha value is -2.68. The summed E-state index contributed by atoms with van der Waals surface area (Å²) in [5.74, 6) is -0.230. The highest BCUT2D eigenvalue weighted by molar-refractivity contribution is 5.96. The summed E-state index contributed by atoms with van der Waals surface area (Å²) in [7, 11) is 0. The van der Waals surface area contributed by atoms with Crippen LogP contribution in [0.2, 0.25) is 0 Å². The number of hydrogen-bond acceptors (Lipinski definition) is 6. The molecule has 0 radical (unpaired) electrons. The molecule has 0 saturated carbocycles. The highest BCUT2D eigenvalue weighted by atomic mass is 16.6. The van der Waals surface area contributed by atoms with Crippen LogP contribution in [0.3, 0.4) is 0 Å². The third-order valence-electron chi connectivity index (χ3n) is 5.36. The molecule has 1 aromatic rings. The van der Waals surface area contributed by atoms with Crippen LogP contribution in [0.5, 0.6) is 0 Å². The van der Waals surface area contributed by atoms with Crippen LogP contribution in [-0.2, 0) is 9.53 Å². The van der Waals surface area contributed by atoms with Crippen LogP contribution in [0.1, 0.15) is 37.0 Å². The van der Waals surface area contributed by atoms with Gasteiger partial charge in [-0.2, -0.15) is 0 Å². The number of hydrogen-bond donors (Lipinski definition) is 1. The predicted octanol–water partition coefficient (Wildman–Crippen LogP) is 1.81. The minimum Gasteiger partial charge on any atom is -0.378 e. The molecule has 2 amide bonds. The van der Waals surface area contributed by atoms with Crippen molar-refractivity contribution in [2.24, 2.45) is 5.92 Å². The SMILES string of the molecule is CC(C)NC(=O)c1ccc(N2CCC(C(=O)N3CCOCC3)CC2)c([N+](=O)[O-])c1. The molecule has 0 unspecified atom stereocenters. The molecule has 0 atom stereocenters. The number of ether oxygens (including phenoxy) is 1. The van der Waals surface area contributed by atoms with Crippen LogP contribution in [-0.4, -0.2) is 67.1 Å². The van der Waals surface area contributed by atoms with E-state index in [9.17, 15) is 19.7 Å². The summed E-state index contributed by atoms with van der Waals surface area (Å²) in [6, 6.07) is 4.53. The third kappa shape index (κ3) is 5.03. The average molecular weight is 404 g/mol. The van der Waals surface area contributed by atoms with Gasteiger partial charge in [0.2, 0.25) is 5.91 Å². The van der Waals surface area contributed by atoms with Gasteiger partial charge in [-0.05, 0) is 38.8 Å². The van der Waals surface area contributed by atoms with Gasteiger partial charge in [-0.25, -0.2) is 0 Å². The molecule has 2 heterocycles. The summed E-state index contributed by atoms with van der Waals surface area (Å²) >= 11 is 0. The number of rotatable bonds is 5. The largest absolute Gasteiger partial charge is 0.378 e. The second-order valence-electron chi connectivity index (χ2n) is 7.79. The Morgan fingerprint density at radius 3 is 2.41 bits per heavy atom. The number of piperidine rings is 1. The van der Waals surface area contributed by atoms with Gasteiger partial charge in [0, 0.05) is 49.8 Å². The lowest BCUT2D eigenvalue weighted by molar-refractivity contribution is -0.384. The van der Waals surface area contributed by atoms with Crippen LogP contribution in [0.15, 0.2) is 18.2 Å². The zero-order chi connectivity index (χ0) is 21.0. The summed E-state index contributed by atoms with van der Waals surface area (Å²) in [4.78, 5) is 39.8. The predicted molar refractivity (Wildman–Crippen MR) is 108 cm³/mol. The second-order valence-corrected chi connectivity index (χ2v) is 7.79. The maximum Gasteiger partial charge on any atom is 0.293 e. The van der Waals surface area contributed by atoms with Crippen molar-refractivity contribution in [3.63, 3.8) is 0 Å². The molecule has 29 heavy (non-hydrogen) atoms. The second kappa shape index (κ2) is 9.21. The summed E-state index contributed by atoms with van der Waals surface area (Å²) in [5.41, 5.74) is 0.680. The zero-order valence-corrected chi connectivity index (χ0v) is 16.9. The van der Waals surface area contributed by atoms with Gasteiger partial charge in [0.15, 0.2) is 0 Å². The molecule has 0 bridgehead atoms. The molecule has 0 aliphatic carbocycles. The topological polar surface area (TPSA) is 105 Å². The first kappa shape index (κ1) is 21.0. The van der Waals surface area contributed by atoms with Gasteiger partial charge >= 0.3 is 0 Å². The van der Waals surface area contributed by atoms with E-state index in [1.54, 1.807) is 12.1 Å². The minimum absolute atomic E-state index is 0.0516. The molecular formula is C20H28N4O5. The summed E-state index contributed by atoms with van der Waals surface area (Å²) in [6.45, 7) is 7.22. The molecule has 0 aromatic heterocycles. The molecular weight excluding hydrogens is 376 g/mol. The molecule has 0 spiro atoms. The molecule has 158 valence electrons. The Labute approximate surface area is 170 Å². The van der Waals surface area contributed by atoms with E-state index in [1.165, 1.54) is 6.07 Å². The van der Waals surface area contributed by atoms with Gasteiger partial charge in [-0.1, -0.05) is 0 Å². The van der Waals surface area contributed by atoms with E-state index in [-0.39, 0.29) is 35.0 Å². The number of morpholine rings is 1. The highest BCUT2D eigenvalue weighted by Crippen LogP contribution is 2.33. The lowest BCUT2D eigenvalue weighted by Crippen LogP contribution is -2.46. The van der Waals surface area contributed by atoms with Crippen molar-refractivity contribution < 1.29 is 19.2 Å². The highest BCUT2D eigenvalue weighted by Gasteiger charge is 2.31. The average Bonchev–Trinajstić information content (AvgIpc) is 2.73. The van der Waals surface area contributed by atoms with Crippen LogP contribution >= 0.6 is 0 Å². The van der Waals surface area contributed by atoms with Crippen molar-refractivity contribution in [3.8, 4) is 0 Å². The number of carbonyl (C=O) groups is 2. The number of nitrogens with zero attached hydrogens (tertiary/aromatic N) is 3.